The molecule has 21 heavy (non-hydrogen) atoms. The molecule has 1 aromatic heterocycles. The Morgan fingerprint density at radius 2 is 2.10 bits per heavy atom. The van der Waals surface area contributed by atoms with E-state index in [0.717, 1.165) is 16.8 Å². The van der Waals surface area contributed by atoms with Crippen LogP contribution < -0.4 is 14.8 Å². The maximum absolute atomic E-state index is 11.9. The van der Waals surface area contributed by atoms with Gasteiger partial charge in [-0.25, -0.2) is 0 Å². The number of aromatic amines is 1. The molecule has 0 saturated heterocycles. The number of para-hydroxylation sites is 1. The third kappa shape index (κ3) is 2.12. The van der Waals surface area contributed by atoms with Gasteiger partial charge < -0.3 is 14.8 Å². The molecule has 2 N–H and O–H groups in total. The van der Waals surface area contributed by atoms with Gasteiger partial charge in [-0.15, -0.1) is 0 Å². The Morgan fingerprint density at radius 3 is 2.81 bits per heavy atom. The number of methoxy groups -OCH3 is 2. The number of anilines is 1. The van der Waals surface area contributed by atoms with Crippen LogP contribution in [-0.2, 0) is 4.79 Å². The van der Waals surface area contributed by atoms with E-state index in [9.17, 15) is 4.79 Å². The highest BCUT2D eigenvalue weighted by atomic mass is 16.5. The average molecular weight is 287 g/mol. The van der Waals surface area contributed by atoms with Gasteiger partial charge >= 0.3 is 0 Å². The first-order valence-electron chi connectivity index (χ1n) is 6.71. The summed E-state index contributed by atoms with van der Waals surface area (Å²) in [6.07, 6.45) is 0.358. The summed E-state index contributed by atoms with van der Waals surface area (Å²) >= 11 is 0. The molecule has 110 valence electrons. The molecule has 0 aliphatic carbocycles. The standard InChI is InChI=1S/C15H17N3O3/c1-8-13-10(7-12(19)16-15(13)18-17-8)9-5-4-6-11(20-2)14(9)21-3/h4-6,10H,7H2,1-3H3,(H2,16,17,18,19)/t10-/m0/s1. The second-order valence-corrected chi connectivity index (χ2v) is 5.00. The summed E-state index contributed by atoms with van der Waals surface area (Å²) in [4.78, 5) is 11.9. The molecule has 0 bridgehead atoms. The van der Waals surface area contributed by atoms with Gasteiger partial charge in [0.2, 0.25) is 5.91 Å². The number of nitrogens with zero attached hydrogens (tertiary/aromatic N) is 1. The molecule has 3 rings (SSSR count). The molecule has 1 aliphatic rings. The van der Waals surface area contributed by atoms with Gasteiger partial charge in [-0.2, -0.15) is 5.10 Å². The van der Waals surface area contributed by atoms with E-state index in [0.29, 0.717) is 23.7 Å². The van der Waals surface area contributed by atoms with Crippen LogP contribution in [0.5, 0.6) is 11.5 Å². The summed E-state index contributed by atoms with van der Waals surface area (Å²) in [6, 6.07) is 5.70. The van der Waals surface area contributed by atoms with Gasteiger partial charge in [0.1, 0.15) is 0 Å². The Balaban J connectivity index is 2.17. The molecule has 1 aromatic carbocycles. The zero-order valence-electron chi connectivity index (χ0n) is 12.2. The van der Waals surface area contributed by atoms with E-state index < -0.39 is 0 Å². The minimum atomic E-state index is -0.0995. The van der Waals surface area contributed by atoms with Crippen molar-refractivity contribution >= 4 is 11.7 Å². The van der Waals surface area contributed by atoms with Crippen LogP contribution in [0.15, 0.2) is 18.2 Å². The predicted molar refractivity (Wildman–Crippen MR) is 78.0 cm³/mol. The Hall–Kier alpha value is -2.50. The molecule has 0 spiro atoms. The third-order valence-corrected chi connectivity index (χ3v) is 3.80. The fourth-order valence-corrected chi connectivity index (χ4v) is 2.88. The number of aromatic nitrogens is 2. The predicted octanol–water partition coefficient (Wildman–Crippen LogP) is 2.21. The second kappa shape index (κ2) is 5.12. The largest absolute Gasteiger partial charge is 0.493 e. The lowest BCUT2D eigenvalue weighted by atomic mass is 9.85. The van der Waals surface area contributed by atoms with Gasteiger partial charge in [0.25, 0.3) is 0 Å². The number of hydrogen-bond acceptors (Lipinski definition) is 4. The summed E-state index contributed by atoms with van der Waals surface area (Å²) in [6.45, 7) is 1.95. The number of fused-ring (bicyclic) bond motifs is 1. The van der Waals surface area contributed by atoms with Crippen LogP contribution in [0.25, 0.3) is 0 Å². The zero-order chi connectivity index (χ0) is 15.0. The molecule has 0 unspecified atom stereocenters. The second-order valence-electron chi connectivity index (χ2n) is 5.00. The summed E-state index contributed by atoms with van der Waals surface area (Å²) in [5.74, 6) is 1.76. The van der Waals surface area contributed by atoms with E-state index in [1.165, 1.54) is 0 Å². The van der Waals surface area contributed by atoms with Crippen LogP contribution >= 0.6 is 0 Å². The number of benzene rings is 1. The number of ether oxygens (including phenoxy) is 2. The molecule has 2 heterocycles. The van der Waals surface area contributed by atoms with Gasteiger partial charge in [-0.1, -0.05) is 12.1 Å². The lowest BCUT2D eigenvalue weighted by Crippen LogP contribution is -2.23. The van der Waals surface area contributed by atoms with Crippen molar-refractivity contribution in [3.05, 3.63) is 35.0 Å². The van der Waals surface area contributed by atoms with E-state index in [2.05, 4.69) is 15.5 Å². The fourth-order valence-electron chi connectivity index (χ4n) is 2.88. The number of rotatable bonds is 3. The summed E-state index contributed by atoms with van der Waals surface area (Å²) in [7, 11) is 3.21. The quantitative estimate of drug-likeness (QED) is 0.907. The Bertz CT molecular complexity index is 693. The third-order valence-electron chi connectivity index (χ3n) is 3.80. The first kappa shape index (κ1) is 13.5. The normalized spacial score (nSPS) is 17.1. The number of H-pyrrole nitrogens is 1. The lowest BCUT2D eigenvalue weighted by molar-refractivity contribution is -0.116. The van der Waals surface area contributed by atoms with Crippen molar-refractivity contribution < 1.29 is 14.3 Å². The molecule has 0 fully saturated rings. The number of amides is 1. The van der Waals surface area contributed by atoms with E-state index in [4.69, 9.17) is 9.47 Å². The molecule has 0 saturated carbocycles. The van der Waals surface area contributed by atoms with Gasteiger partial charge in [0.05, 0.1) is 14.2 Å². The first-order chi connectivity index (χ1) is 10.2. The van der Waals surface area contributed by atoms with Gasteiger partial charge in [-0.05, 0) is 13.0 Å². The van der Waals surface area contributed by atoms with Gasteiger partial charge in [-0.3, -0.25) is 9.89 Å². The van der Waals surface area contributed by atoms with E-state index in [1.54, 1.807) is 14.2 Å². The number of aryl methyl sites for hydroxylation is 1. The smallest absolute Gasteiger partial charge is 0.226 e. The highest BCUT2D eigenvalue weighted by molar-refractivity contribution is 5.94. The van der Waals surface area contributed by atoms with Crippen LogP contribution in [0.2, 0.25) is 0 Å². The topological polar surface area (TPSA) is 76.2 Å². The molecule has 1 atom stereocenters. The maximum Gasteiger partial charge on any atom is 0.226 e. The number of carbonyl (C=O) groups is 1. The Morgan fingerprint density at radius 1 is 1.29 bits per heavy atom. The van der Waals surface area contributed by atoms with Crippen molar-refractivity contribution in [2.45, 2.75) is 19.3 Å². The van der Waals surface area contributed by atoms with Crippen molar-refractivity contribution in [2.75, 3.05) is 19.5 Å². The molecule has 6 heteroatoms. The summed E-state index contributed by atoms with van der Waals surface area (Å²) in [5.41, 5.74) is 2.87. The molecular formula is C15H17N3O3. The highest BCUT2D eigenvalue weighted by Crippen LogP contribution is 2.44. The maximum atomic E-state index is 11.9. The van der Waals surface area contributed by atoms with E-state index >= 15 is 0 Å². The molecule has 0 radical (unpaired) electrons. The van der Waals surface area contributed by atoms with Crippen molar-refractivity contribution in [2.24, 2.45) is 0 Å². The molecule has 1 aliphatic heterocycles. The summed E-state index contributed by atoms with van der Waals surface area (Å²) in [5, 5.41) is 9.87. The van der Waals surface area contributed by atoms with Crippen LogP contribution in [-0.4, -0.2) is 30.3 Å². The van der Waals surface area contributed by atoms with E-state index in [-0.39, 0.29) is 11.8 Å². The van der Waals surface area contributed by atoms with Crippen molar-refractivity contribution in [3.8, 4) is 11.5 Å². The molecule has 2 aromatic rings. The molecular weight excluding hydrogens is 270 g/mol. The number of nitrogens with one attached hydrogen (secondary N) is 2. The number of carbonyl (C=O) groups excluding carboxylic acids is 1. The van der Waals surface area contributed by atoms with Gasteiger partial charge in [0.15, 0.2) is 17.3 Å². The first-order valence-corrected chi connectivity index (χ1v) is 6.71. The fraction of sp³-hybridized carbons (Fsp3) is 0.333. The van der Waals surface area contributed by atoms with Crippen molar-refractivity contribution in [1.29, 1.82) is 0 Å². The number of hydrogen-bond donors (Lipinski definition) is 2. The van der Waals surface area contributed by atoms with Crippen LogP contribution in [0, 0.1) is 6.92 Å². The lowest BCUT2D eigenvalue weighted by Gasteiger charge is -2.25. The van der Waals surface area contributed by atoms with Crippen LogP contribution in [0.3, 0.4) is 0 Å². The van der Waals surface area contributed by atoms with Gasteiger partial charge in [0, 0.05) is 29.2 Å². The van der Waals surface area contributed by atoms with Crippen LogP contribution in [0.1, 0.15) is 29.2 Å². The minimum Gasteiger partial charge on any atom is -0.493 e. The molecule has 6 nitrogen and oxygen atoms in total. The Kier molecular flexibility index (Phi) is 3.29. The average Bonchev–Trinajstić information content (AvgIpc) is 2.86. The van der Waals surface area contributed by atoms with Crippen molar-refractivity contribution in [3.63, 3.8) is 0 Å². The monoisotopic (exact) mass is 287 g/mol. The SMILES string of the molecule is COc1cccc([C@@H]2CC(=O)Nc3n[nH]c(C)c32)c1OC. The Labute approximate surface area is 122 Å². The van der Waals surface area contributed by atoms with Crippen LogP contribution in [0.4, 0.5) is 5.82 Å². The molecule has 1 amide bonds. The van der Waals surface area contributed by atoms with Crippen molar-refractivity contribution in [1.82, 2.24) is 10.2 Å². The zero-order valence-corrected chi connectivity index (χ0v) is 12.2. The minimum absolute atomic E-state index is 0.0520. The summed E-state index contributed by atoms with van der Waals surface area (Å²) < 4.78 is 10.8. The van der Waals surface area contributed by atoms with E-state index in [1.807, 2.05) is 25.1 Å². The highest BCUT2D eigenvalue weighted by Gasteiger charge is 2.32.